The summed E-state index contributed by atoms with van der Waals surface area (Å²) in [6.45, 7) is 5.31. The third-order valence-electron chi connectivity index (χ3n) is 3.88. The molecule has 2 rings (SSSR count). The molecule has 82 valence electrons. The quantitative estimate of drug-likeness (QED) is 0.734. The lowest BCUT2D eigenvalue weighted by molar-refractivity contribution is 0.0272. The first kappa shape index (κ1) is 10.4. The third-order valence-corrected chi connectivity index (χ3v) is 3.88. The van der Waals surface area contributed by atoms with Crippen LogP contribution in [0.5, 0.6) is 0 Å². The van der Waals surface area contributed by atoms with E-state index in [1.54, 1.807) is 0 Å². The van der Waals surface area contributed by atoms with E-state index in [-0.39, 0.29) is 5.41 Å². The van der Waals surface area contributed by atoms with Crippen molar-refractivity contribution in [2.45, 2.75) is 45.6 Å². The fraction of sp³-hybridized carbons (Fsp3) is 1.00. The smallest absolute Gasteiger partial charge is 0.0518 e. The van der Waals surface area contributed by atoms with Crippen molar-refractivity contribution in [3.8, 4) is 0 Å². The van der Waals surface area contributed by atoms with Gasteiger partial charge in [0.25, 0.3) is 0 Å². The van der Waals surface area contributed by atoms with Crippen molar-refractivity contribution in [1.29, 1.82) is 0 Å². The summed E-state index contributed by atoms with van der Waals surface area (Å²) in [5.74, 6) is 1.89. The molecule has 0 aromatic rings. The summed E-state index contributed by atoms with van der Waals surface area (Å²) >= 11 is 0. The predicted octanol–water partition coefficient (Wildman–Crippen LogP) is 2.21. The first-order valence-electron chi connectivity index (χ1n) is 5.88. The Kier molecular flexibility index (Phi) is 2.85. The molecule has 14 heavy (non-hydrogen) atoms. The van der Waals surface area contributed by atoms with Gasteiger partial charge in [0.05, 0.1) is 6.10 Å². The van der Waals surface area contributed by atoms with E-state index in [0.717, 1.165) is 24.9 Å². The van der Waals surface area contributed by atoms with Gasteiger partial charge < -0.3 is 9.84 Å². The Morgan fingerprint density at radius 1 is 1.36 bits per heavy atom. The standard InChI is InChI=1S/C12H22O2/c1-9(2)14-4-3-12(8-13)6-10-5-11(10)7-12/h9-11,13H,3-8H2,1-2H3. The van der Waals surface area contributed by atoms with Crippen molar-refractivity contribution in [1.82, 2.24) is 0 Å². The highest BCUT2D eigenvalue weighted by Gasteiger charge is 2.53. The Morgan fingerprint density at radius 2 is 2.00 bits per heavy atom. The first-order valence-corrected chi connectivity index (χ1v) is 5.88. The zero-order chi connectivity index (χ0) is 10.2. The molecular weight excluding hydrogens is 176 g/mol. The second-order valence-electron chi connectivity index (χ2n) is 5.49. The van der Waals surface area contributed by atoms with Crippen molar-refractivity contribution in [2.75, 3.05) is 13.2 Å². The Hall–Kier alpha value is -0.0800. The number of fused-ring (bicyclic) bond motifs is 1. The van der Waals surface area contributed by atoms with Gasteiger partial charge in [-0.2, -0.15) is 0 Å². The van der Waals surface area contributed by atoms with Crippen molar-refractivity contribution >= 4 is 0 Å². The van der Waals surface area contributed by atoms with Gasteiger partial charge in [0.15, 0.2) is 0 Å². The minimum atomic E-state index is 0.225. The van der Waals surface area contributed by atoms with Crippen LogP contribution in [0.4, 0.5) is 0 Å². The molecule has 0 heterocycles. The van der Waals surface area contributed by atoms with Gasteiger partial charge in [0.1, 0.15) is 0 Å². The summed E-state index contributed by atoms with van der Waals surface area (Å²) in [7, 11) is 0. The second-order valence-corrected chi connectivity index (χ2v) is 5.49. The summed E-state index contributed by atoms with van der Waals surface area (Å²) in [5.41, 5.74) is 0.225. The van der Waals surface area contributed by atoms with Crippen LogP contribution in [-0.2, 0) is 4.74 Å². The molecule has 1 N–H and O–H groups in total. The maximum Gasteiger partial charge on any atom is 0.0518 e. The molecule has 0 spiro atoms. The minimum Gasteiger partial charge on any atom is -0.396 e. The van der Waals surface area contributed by atoms with E-state index in [1.165, 1.54) is 19.3 Å². The van der Waals surface area contributed by atoms with Crippen LogP contribution in [0.3, 0.4) is 0 Å². The van der Waals surface area contributed by atoms with Crippen LogP contribution in [0, 0.1) is 17.3 Å². The minimum absolute atomic E-state index is 0.225. The number of hydrogen-bond donors (Lipinski definition) is 1. The molecule has 0 saturated heterocycles. The fourth-order valence-corrected chi connectivity index (χ4v) is 2.93. The lowest BCUT2D eigenvalue weighted by atomic mass is 9.81. The number of aliphatic hydroxyl groups excluding tert-OH is 1. The van der Waals surface area contributed by atoms with Crippen LogP contribution in [0.1, 0.15) is 39.5 Å². The molecule has 2 aliphatic carbocycles. The zero-order valence-electron chi connectivity index (χ0n) is 9.33. The van der Waals surface area contributed by atoms with E-state index in [2.05, 4.69) is 13.8 Å². The lowest BCUT2D eigenvalue weighted by Gasteiger charge is -2.28. The van der Waals surface area contributed by atoms with Gasteiger partial charge in [-0.1, -0.05) is 0 Å². The van der Waals surface area contributed by atoms with E-state index in [0.29, 0.717) is 12.7 Å². The number of rotatable bonds is 5. The first-order chi connectivity index (χ1) is 6.65. The third kappa shape index (κ3) is 2.12. The van der Waals surface area contributed by atoms with Crippen molar-refractivity contribution in [3.05, 3.63) is 0 Å². The van der Waals surface area contributed by atoms with E-state index >= 15 is 0 Å². The van der Waals surface area contributed by atoms with Crippen LogP contribution in [-0.4, -0.2) is 24.4 Å². The van der Waals surface area contributed by atoms with Crippen molar-refractivity contribution in [2.24, 2.45) is 17.3 Å². The Labute approximate surface area is 86.6 Å². The van der Waals surface area contributed by atoms with Gasteiger partial charge >= 0.3 is 0 Å². The maximum atomic E-state index is 9.46. The van der Waals surface area contributed by atoms with E-state index in [4.69, 9.17) is 4.74 Å². The molecule has 0 aromatic carbocycles. The highest BCUT2D eigenvalue weighted by molar-refractivity contribution is 5.02. The molecule has 2 fully saturated rings. The molecule has 2 unspecified atom stereocenters. The van der Waals surface area contributed by atoms with E-state index in [9.17, 15) is 5.11 Å². The normalized spacial score (nSPS) is 40.3. The molecule has 0 radical (unpaired) electrons. The van der Waals surface area contributed by atoms with Crippen LogP contribution in [0.2, 0.25) is 0 Å². The highest BCUT2D eigenvalue weighted by atomic mass is 16.5. The Morgan fingerprint density at radius 3 is 2.50 bits per heavy atom. The van der Waals surface area contributed by atoms with E-state index in [1.807, 2.05) is 0 Å². The second kappa shape index (κ2) is 3.82. The molecule has 2 nitrogen and oxygen atoms in total. The van der Waals surface area contributed by atoms with Gasteiger partial charge in [-0.05, 0) is 56.8 Å². The molecule has 2 heteroatoms. The number of hydrogen-bond acceptors (Lipinski definition) is 2. The van der Waals surface area contributed by atoms with Crippen LogP contribution in [0.15, 0.2) is 0 Å². The zero-order valence-corrected chi connectivity index (χ0v) is 9.33. The van der Waals surface area contributed by atoms with Gasteiger partial charge in [0, 0.05) is 13.2 Å². The topological polar surface area (TPSA) is 29.5 Å². The Balaban J connectivity index is 1.76. The molecule has 0 amide bonds. The van der Waals surface area contributed by atoms with Crippen LogP contribution in [0.25, 0.3) is 0 Å². The van der Waals surface area contributed by atoms with Gasteiger partial charge in [-0.15, -0.1) is 0 Å². The molecule has 2 atom stereocenters. The van der Waals surface area contributed by atoms with Gasteiger partial charge in [0.2, 0.25) is 0 Å². The van der Waals surface area contributed by atoms with Gasteiger partial charge in [-0.3, -0.25) is 0 Å². The van der Waals surface area contributed by atoms with Crippen LogP contribution < -0.4 is 0 Å². The van der Waals surface area contributed by atoms with Crippen molar-refractivity contribution < 1.29 is 9.84 Å². The van der Waals surface area contributed by atoms with Gasteiger partial charge in [-0.25, -0.2) is 0 Å². The summed E-state index contributed by atoms with van der Waals surface area (Å²) in [5, 5.41) is 9.46. The maximum absolute atomic E-state index is 9.46. The lowest BCUT2D eigenvalue weighted by Crippen LogP contribution is -2.26. The average molecular weight is 198 g/mol. The average Bonchev–Trinajstić information content (AvgIpc) is 2.74. The predicted molar refractivity (Wildman–Crippen MR) is 56.1 cm³/mol. The summed E-state index contributed by atoms with van der Waals surface area (Å²) in [4.78, 5) is 0. The van der Waals surface area contributed by atoms with Crippen LogP contribution >= 0.6 is 0 Å². The summed E-state index contributed by atoms with van der Waals surface area (Å²) in [6, 6.07) is 0. The molecule has 2 saturated carbocycles. The highest BCUT2D eigenvalue weighted by Crippen LogP contribution is 2.60. The molecule has 2 aliphatic rings. The molecule has 0 aromatic heterocycles. The molecule has 0 aliphatic heterocycles. The summed E-state index contributed by atoms with van der Waals surface area (Å²) < 4.78 is 5.57. The largest absolute Gasteiger partial charge is 0.396 e. The monoisotopic (exact) mass is 198 g/mol. The summed E-state index contributed by atoms with van der Waals surface area (Å²) in [6.07, 6.45) is 5.29. The fourth-order valence-electron chi connectivity index (χ4n) is 2.93. The van der Waals surface area contributed by atoms with E-state index < -0.39 is 0 Å². The number of aliphatic hydroxyl groups is 1. The number of ether oxygens (including phenoxy) is 1. The Bertz CT molecular complexity index is 190. The molecular formula is C12H22O2. The SMILES string of the molecule is CC(C)OCCC1(CO)CC2CC2C1. The van der Waals surface area contributed by atoms with Crippen molar-refractivity contribution in [3.63, 3.8) is 0 Å². The molecule has 0 bridgehead atoms.